The molecule has 3 rings (SSSR count). The first-order valence-corrected chi connectivity index (χ1v) is 8.77. The molecule has 1 heterocycles. The minimum absolute atomic E-state index is 0.256. The number of aryl methyl sites for hydroxylation is 1. The standard InChI is InChI=1S/C19H15ClN2O2S/c1-12-11-16(25-17(12)13-7-3-2-4-8-13)21-19(24)22-18(23)14-9-5-6-10-15(14)20/h2-11H,1H3,(H2,21,22,23,24). The van der Waals surface area contributed by atoms with E-state index in [1.807, 2.05) is 43.3 Å². The van der Waals surface area contributed by atoms with E-state index in [0.717, 1.165) is 16.0 Å². The lowest BCUT2D eigenvalue weighted by Crippen LogP contribution is -2.34. The molecule has 0 spiro atoms. The summed E-state index contributed by atoms with van der Waals surface area (Å²) in [6.45, 7) is 1.98. The minimum atomic E-state index is -0.592. The summed E-state index contributed by atoms with van der Waals surface area (Å²) in [5.41, 5.74) is 2.40. The van der Waals surface area contributed by atoms with Crippen LogP contribution in [0.3, 0.4) is 0 Å². The van der Waals surface area contributed by atoms with Crippen molar-refractivity contribution in [1.29, 1.82) is 0 Å². The number of benzene rings is 2. The molecule has 0 aliphatic rings. The van der Waals surface area contributed by atoms with Gasteiger partial charge in [0.2, 0.25) is 0 Å². The Kier molecular flexibility index (Phi) is 5.16. The third-order valence-electron chi connectivity index (χ3n) is 3.54. The van der Waals surface area contributed by atoms with E-state index in [9.17, 15) is 9.59 Å². The van der Waals surface area contributed by atoms with Gasteiger partial charge in [-0.2, -0.15) is 0 Å². The molecule has 25 heavy (non-hydrogen) atoms. The van der Waals surface area contributed by atoms with Crippen molar-refractivity contribution in [1.82, 2.24) is 5.32 Å². The van der Waals surface area contributed by atoms with Crippen molar-refractivity contribution in [2.45, 2.75) is 6.92 Å². The van der Waals surface area contributed by atoms with E-state index in [0.29, 0.717) is 10.0 Å². The zero-order valence-corrected chi connectivity index (χ0v) is 14.9. The smallest absolute Gasteiger partial charge is 0.299 e. The highest BCUT2D eigenvalue weighted by Gasteiger charge is 2.15. The molecular formula is C19H15ClN2O2S. The molecule has 0 atom stereocenters. The van der Waals surface area contributed by atoms with Crippen molar-refractivity contribution in [3.05, 3.63) is 76.8 Å². The summed E-state index contributed by atoms with van der Waals surface area (Å²) in [7, 11) is 0. The van der Waals surface area contributed by atoms with Gasteiger partial charge in [0.05, 0.1) is 15.6 Å². The number of hydrogen-bond acceptors (Lipinski definition) is 3. The molecule has 0 saturated heterocycles. The van der Waals surface area contributed by atoms with Crippen molar-refractivity contribution < 1.29 is 9.59 Å². The first-order chi connectivity index (χ1) is 12.0. The molecule has 0 unspecified atom stereocenters. The van der Waals surface area contributed by atoms with Crippen LogP contribution in [0.4, 0.5) is 9.80 Å². The summed E-state index contributed by atoms with van der Waals surface area (Å²) < 4.78 is 0. The summed E-state index contributed by atoms with van der Waals surface area (Å²) >= 11 is 7.42. The number of amides is 3. The Morgan fingerprint density at radius 1 is 1.00 bits per heavy atom. The number of carbonyl (C=O) groups is 2. The molecule has 0 aliphatic heterocycles. The van der Waals surface area contributed by atoms with Crippen molar-refractivity contribution in [2.24, 2.45) is 0 Å². The van der Waals surface area contributed by atoms with Gasteiger partial charge < -0.3 is 0 Å². The molecule has 3 aromatic rings. The van der Waals surface area contributed by atoms with E-state index in [4.69, 9.17) is 11.6 Å². The van der Waals surface area contributed by atoms with Crippen LogP contribution in [0.15, 0.2) is 60.7 Å². The summed E-state index contributed by atoms with van der Waals surface area (Å²) in [5.74, 6) is -0.542. The van der Waals surface area contributed by atoms with Crippen LogP contribution in [-0.4, -0.2) is 11.9 Å². The van der Waals surface area contributed by atoms with Crippen LogP contribution >= 0.6 is 22.9 Å². The van der Waals surface area contributed by atoms with Crippen LogP contribution in [0.5, 0.6) is 0 Å². The number of halogens is 1. The lowest BCUT2D eigenvalue weighted by Gasteiger charge is -2.06. The zero-order chi connectivity index (χ0) is 17.8. The number of urea groups is 1. The number of anilines is 1. The molecule has 2 N–H and O–H groups in total. The normalized spacial score (nSPS) is 10.3. The molecule has 6 heteroatoms. The molecule has 0 bridgehead atoms. The van der Waals surface area contributed by atoms with E-state index >= 15 is 0 Å². The predicted octanol–water partition coefficient (Wildman–Crippen LogP) is 5.34. The fraction of sp³-hybridized carbons (Fsp3) is 0.0526. The maximum absolute atomic E-state index is 12.1. The van der Waals surface area contributed by atoms with Crippen LogP contribution in [-0.2, 0) is 0 Å². The number of rotatable bonds is 3. The number of hydrogen-bond donors (Lipinski definition) is 2. The number of imide groups is 1. The molecule has 1 aromatic heterocycles. The first kappa shape index (κ1) is 17.2. The lowest BCUT2D eigenvalue weighted by molar-refractivity contribution is 0.0967. The molecule has 0 fully saturated rings. The van der Waals surface area contributed by atoms with E-state index in [-0.39, 0.29) is 5.56 Å². The van der Waals surface area contributed by atoms with Crippen LogP contribution in [0.1, 0.15) is 15.9 Å². The third-order valence-corrected chi connectivity index (χ3v) is 5.07. The summed E-state index contributed by atoms with van der Waals surface area (Å²) in [5, 5.41) is 5.95. The van der Waals surface area contributed by atoms with E-state index < -0.39 is 11.9 Å². The number of carbonyl (C=O) groups excluding carboxylic acids is 2. The summed E-state index contributed by atoms with van der Waals surface area (Å²) in [4.78, 5) is 25.3. The highest BCUT2D eigenvalue weighted by atomic mass is 35.5. The van der Waals surface area contributed by atoms with Gasteiger partial charge in [-0.3, -0.25) is 15.4 Å². The SMILES string of the molecule is Cc1cc(NC(=O)NC(=O)c2ccccc2Cl)sc1-c1ccccc1. The van der Waals surface area contributed by atoms with Crippen LogP contribution in [0.2, 0.25) is 5.02 Å². The molecule has 126 valence electrons. The molecule has 3 amide bonds. The van der Waals surface area contributed by atoms with Crippen LogP contribution < -0.4 is 10.6 Å². The molecule has 0 aliphatic carbocycles. The van der Waals surface area contributed by atoms with Crippen LogP contribution in [0.25, 0.3) is 10.4 Å². The average Bonchev–Trinajstić information content (AvgIpc) is 2.96. The van der Waals surface area contributed by atoms with Gasteiger partial charge >= 0.3 is 6.03 Å². The molecule has 0 saturated carbocycles. The maximum Gasteiger partial charge on any atom is 0.326 e. The number of nitrogens with one attached hydrogen (secondary N) is 2. The summed E-state index contributed by atoms with van der Waals surface area (Å²) in [6, 6.07) is 17.8. The fourth-order valence-corrected chi connectivity index (χ4v) is 3.67. The van der Waals surface area contributed by atoms with Crippen molar-refractivity contribution >= 4 is 39.9 Å². The molecule has 0 radical (unpaired) electrons. The number of thiophene rings is 1. The van der Waals surface area contributed by atoms with Gasteiger partial charge in [0.1, 0.15) is 0 Å². The topological polar surface area (TPSA) is 58.2 Å². The Bertz CT molecular complexity index is 922. The third kappa shape index (κ3) is 4.07. The van der Waals surface area contributed by atoms with Gasteiger partial charge in [-0.1, -0.05) is 54.1 Å². The van der Waals surface area contributed by atoms with Gasteiger partial charge in [-0.25, -0.2) is 4.79 Å². The summed E-state index contributed by atoms with van der Waals surface area (Å²) in [6.07, 6.45) is 0. The lowest BCUT2D eigenvalue weighted by atomic mass is 10.1. The predicted molar refractivity (Wildman–Crippen MR) is 102 cm³/mol. The largest absolute Gasteiger partial charge is 0.326 e. The Balaban J connectivity index is 1.70. The zero-order valence-electron chi connectivity index (χ0n) is 13.4. The van der Waals surface area contributed by atoms with Gasteiger partial charge in [0, 0.05) is 4.88 Å². The van der Waals surface area contributed by atoms with Crippen LogP contribution in [0, 0.1) is 6.92 Å². The van der Waals surface area contributed by atoms with E-state index in [1.165, 1.54) is 11.3 Å². The van der Waals surface area contributed by atoms with Crippen molar-refractivity contribution in [2.75, 3.05) is 5.32 Å². The second-order valence-electron chi connectivity index (χ2n) is 5.38. The molecular weight excluding hydrogens is 356 g/mol. The second-order valence-corrected chi connectivity index (χ2v) is 6.84. The van der Waals surface area contributed by atoms with Gasteiger partial charge in [0.15, 0.2) is 0 Å². The van der Waals surface area contributed by atoms with Gasteiger partial charge in [-0.05, 0) is 36.2 Å². The maximum atomic E-state index is 12.1. The Labute approximate surface area is 154 Å². The van der Waals surface area contributed by atoms with Gasteiger partial charge in [0.25, 0.3) is 5.91 Å². The Morgan fingerprint density at radius 2 is 1.68 bits per heavy atom. The monoisotopic (exact) mass is 370 g/mol. The highest BCUT2D eigenvalue weighted by Crippen LogP contribution is 2.35. The second kappa shape index (κ2) is 7.51. The first-order valence-electron chi connectivity index (χ1n) is 7.57. The van der Waals surface area contributed by atoms with E-state index in [1.54, 1.807) is 24.3 Å². The fourth-order valence-electron chi connectivity index (χ4n) is 2.38. The molecule has 4 nitrogen and oxygen atoms in total. The van der Waals surface area contributed by atoms with Crippen molar-refractivity contribution in [3.8, 4) is 10.4 Å². The minimum Gasteiger partial charge on any atom is -0.299 e. The highest BCUT2D eigenvalue weighted by molar-refractivity contribution is 7.19. The van der Waals surface area contributed by atoms with E-state index in [2.05, 4.69) is 10.6 Å². The Morgan fingerprint density at radius 3 is 2.40 bits per heavy atom. The Hall–Kier alpha value is -2.63. The quantitative estimate of drug-likeness (QED) is 0.653. The van der Waals surface area contributed by atoms with Crippen molar-refractivity contribution in [3.63, 3.8) is 0 Å². The average molecular weight is 371 g/mol. The van der Waals surface area contributed by atoms with Gasteiger partial charge in [-0.15, -0.1) is 11.3 Å². The molecule has 2 aromatic carbocycles.